The quantitative estimate of drug-likeness (QED) is 0.548. The molecule has 0 aliphatic carbocycles. The van der Waals surface area contributed by atoms with E-state index in [1.54, 1.807) is 20.2 Å². The fourth-order valence-corrected chi connectivity index (χ4v) is 2.79. The highest BCUT2D eigenvalue weighted by molar-refractivity contribution is 5.90. The van der Waals surface area contributed by atoms with E-state index in [9.17, 15) is 9.59 Å². The van der Waals surface area contributed by atoms with Crippen molar-refractivity contribution in [2.45, 2.75) is 26.1 Å². The number of fused-ring (bicyclic) bond motifs is 1. The van der Waals surface area contributed by atoms with Gasteiger partial charge in [0, 0.05) is 17.1 Å². The van der Waals surface area contributed by atoms with Crippen molar-refractivity contribution in [3.8, 4) is 5.75 Å². The topological polar surface area (TPSA) is 92.4 Å². The van der Waals surface area contributed by atoms with Crippen LogP contribution in [0.5, 0.6) is 5.75 Å². The zero-order valence-corrected chi connectivity index (χ0v) is 15.8. The van der Waals surface area contributed by atoms with Crippen LogP contribution in [0, 0.1) is 0 Å². The smallest absolute Gasteiger partial charge is 0.267 e. The number of para-hydroxylation sites is 1. The van der Waals surface area contributed by atoms with Crippen LogP contribution in [0.15, 0.2) is 54.7 Å². The number of hydrazine groups is 1. The van der Waals surface area contributed by atoms with Crippen LogP contribution >= 0.6 is 0 Å². The molecule has 28 heavy (non-hydrogen) atoms. The van der Waals surface area contributed by atoms with Gasteiger partial charge < -0.3 is 14.5 Å². The third-order valence-corrected chi connectivity index (χ3v) is 4.35. The molecule has 3 aromatic rings. The van der Waals surface area contributed by atoms with Crippen molar-refractivity contribution in [2.24, 2.45) is 0 Å². The van der Waals surface area contributed by atoms with E-state index in [-0.39, 0.29) is 18.9 Å². The lowest BCUT2D eigenvalue weighted by molar-refractivity contribution is -0.136. The molecule has 3 rings (SSSR count). The van der Waals surface area contributed by atoms with Crippen LogP contribution in [0.3, 0.4) is 0 Å². The van der Waals surface area contributed by atoms with Crippen LogP contribution < -0.4 is 15.6 Å². The molecule has 0 bridgehead atoms. The molecule has 2 aromatic carbocycles. The van der Waals surface area contributed by atoms with Crippen molar-refractivity contribution in [3.05, 3.63) is 65.9 Å². The van der Waals surface area contributed by atoms with Crippen molar-refractivity contribution in [1.82, 2.24) is 15.8 Å². The molecule has 146 valence electrons. The molecular formula is C21H23N3O4. The van der Waals surface area contributed by atoms with E-state index in [1.807, 2.05) is 48.5 Å². The number of carbonyl (C=O) groups excluding carboxylic acids is 2. The average molecular weight is 381 g/mol. The second kappa shape index (κ2) is 9.05. The molecule has 0 fully saturated rings. The number of ether oxygens (including phenoxy) is 2. The number of nitrogens with one attached hydrogen (secondary N) is 3. The Balaban J connectivity index is 1.45. The summed E-state index contributed by atoms with van der Waals surface area (Å²) in [5.74, 6) is -0.00368. The molecule has 1 atom stereocenters. The Bertz CT molecular complexity index is 967. The number of aromatic amines is 1. The van der Waals surface area contributed by atoms with E-state index < -0.39 is 12.0 Å². The van der Waals surface area contributed by atoms with Crippen LogP contribution in [0.1, 0.15) is 18.1 Å². The number of carbonyl (C=O) groups is 2. The van der Waals surface area contributed by atoms with E-state index in [4.69, 9.17) is 9.47 Å². The van der Waals surface area contributed by atoms with Gasteiger partial charge in [0.25, 0.3) is 5.91 Å². The van der Waals surface area contributed by atoms with Gasteiger partial charge in [-0.1, -0.05) is 30.3 Å². The predicted molar refractivity (Wildman–Crippen MR) is 106 cm³/mol. The standard InChI is InChI=1S/C21H23N3O4/c1-14(28-13-15-6-5-7-17(10-15)27-2)21(26)24-23-20(25)11-16-12-22-19-9-4-3-8-18(16)19/h3-10,12,14,22H,11,13H2,1-2H3,(H,23,25)(H,24,26). The first-order chi connectivity index (χ1) is 13.6. The molecule has 0 spiro atoms. The summed E-state index contributed by atoms with van der Waals surface area (Å²) in [6.07, 6.45) is 1.23. The molecule has 3 N–H and O–H groups in total. The van der Waals surface area contributed by atoms with Gasteiger partial charge in [-0.15, -0.1) is 0 Å². The Morgan fingerprint density at radius 1 is 1.11 bits per heavy atom. The summed E-state index contributed by atoms with van der Waals surface area (Å²) in [6.45, 7) is 1.89. The second-order valence-corrected chi connectivity index (χ2v) is 6.38. The van der Waals surface area contributed by atoms with Crippen LogP contribution in [-0.2, 0) is 27.4 Å². The van der Waals surface area contributed by atoms with Crippen molar-refractivity contribution in [2.75, 3.05) is 7.11 Å². The summed E-state index contributed by atoms with van der Waals surface area (Å²) >= 11 is 0. The maximum Gasteiger partial charge on any atom is 0.267 e. The third-order valence-electron chi connectivity index (χ3n) is 4.35. The van der Waals surface area contributed by atoms with Crippen molar-refractivity contribution < 1.29 is 19.1 Å². The van der Waals surface area contributed by atoms with E-state index in [0.717, 1.165) is 27.8 Å². The molecule has 2 amide bonds. The molecule has 0 saturated heterocycles. The van der Waals surface area contributed by atoms with Crippen LogP contribution in [0.4, 0.5) is 0 Å². The molecule has 0 aliphatic heterocycles. The molecule has 0 radical (unpaired) electrons. The highest BCUT2D eigenvalue weighted by Crippen LogP contribution is 2.18. The molecule has 0 aliphatic rings. The van der Waals surface area contributed by atoms with Crippen molar-refractivity contribution in [1.29, 1.82) is 0 Å². The van der Waals surface area contributed by atoms with Crippen molar-refractivity contribution in [3.63, 3.8) is 0 Å². The number of methoxy groups -OCH3 is 1. The zero-order chi connectivity index (χ0) is 19.9. The Morgan fingerprint density at radius 3 is 2.75 bits per heavy atom. The van der Waals surface area contributed by atoms with Gasteiger partial charge in [-0.25, -0.2) is 0 Å². The van der Waals surface area contributed by atoms with Gasteiger partial charge in [-0.3, -0.25) is 20.4 Å². The van der Waals surface area contributed by atoms with Gasteiger partial charge >= 0.3 is 0 Å². The SMILES string of the molecule is COc1cccc(COC(C)C(=O)NNC(=O)Cc2c[nH]c3ccccc23)c1. The highest BCUT2D eigenvalue weighted by atomic mass is 16.5. The number of aromatic nitrogens is 1. The lowest BCUT2D eigenvalue weighted by Crippen LogP contribution is -2.46. The molecule has 1 unspecified atom stereocenters. The van der Waals surface area contributed by atoms with Gasteiger partial charge in [0.05, 0.1) is 20.1 Å². The van der Waals surface area contributed by atoms with Crippen LogP contribution in [0.2, 0.25) is 0 Å². The molecule has 7 heteroatoms. The first kappa shape index (κ1) is 19.4. The van der Waals surface area contributed by atoms with Gasteiger partial charge in [0.1, 0.15) is 11.9 Å². The molecule has 7 nitrogen and oxygen atoms in total. The minimum atomic E-state index is -0.723. The molecule has 1 aromatic heterocycles. The first-order valence-electron chi connectivity index (χ1n) is 8.95. The van der Waals surface area contributed by atoms with Gasteiger partial charge in [0.15, 0.2) is 0 Å². The fraction of sp³-hybridized carbons (Fsp3) is 0.238. The number of amides is 2. The Kier molecular flexibility index (Phi) is 6.29. The molecule has 1 heterocycles. The van der Waals surface area contributed by atoms with E-state index >= 15 is 0 Å². The highest BCUT2D eigenvalue weighted by Gasteiger charge is 2.15. The first-order valence-corrected chi connectivity index (χ1v) is 8.95. The van der Waals surface area contributed by atoms with Gasteiger partial charge in [-0.2, -0.15) is 0 Å². The fourth-order valence-electron chi connectivity index (χ4n) is 2.79. The Morgan fingerprint density at radius 2 is 1.93 bits per heavy atom. The number of hydrogen-bond donors (Lipinski definition) is 3. The minimum absolute atomic E-state index is 0.156. The Labute approximate surface area is 163 Å². The lowest BCUT2D eigenvalue weighted by Gasteiger charge is -2.14. The Hall–Kier alpha value is -3.32. The van der Waals surface area contributed by atoms with Gasteiger partial charge in [-0.05, 0) is 36.2 Å². The van der Waals surface area contributed by atoms with E-state index in [0.29, 0.717) is 0 Å². The number of benzene rings is 2. The lowest BCUT2D eigenvalue weighted by atomic mass is 10.1. The maximum absolute atomic E-state index is 12.1. The summed E-state index contributed by atoms with van der Waals surface area (Å²) in [5, 5.41) is 0.985. The zero-order valence-electron chi connectivity index (χ0n) is 15.8. The summed E-state index contributed by atoms with van der Waals surface area (Å²) in [7, 11) is 1.59. The summed E-state index contributed by atoms with van der Waals surface area (Å²) in [4.78, 5) is 27.4. The summed E-state index contributed by atoms with van der Waals surface area (Å²) in [5.41, 5.74) is 7.56. The third kappa shape index (κ3) is 4.89. The van der Waals surface area contributed by atoms with E-state index in [2.05, 4.69) is 15.8 Å². The number of H-pyrrole nitrogens is 1. The number of hydrogen-bond acceptors (Lipinski definition) is 4. The van der Waals surface area contributed by atoms with Crippen LogP contribution in [-0.4, -0.2) is 30.0 Å². The largest absolute Gasteiger partial charge is 0.497 e. The van der Waals surface area contributed by atoms with Gasteiger partial charge in [0.2, 0.25) is 5.91 Å². The summed E-state index contributed by atoms with van der Waals surface area (Å²) in [6, 6.07) is 15.2. The average Bonchev–Trinajstić information content (AvgIpc) is 3.13. The number of rotatable bonds is 7. The van der Waals surface area contributed by atoms with Crippen molar-refractivity contribution >= 4 is 22.7 Å². The summed E-state index contributed by atoms with van der Waals surface area (Å²) < 4.78 is 10.7. The van der Waals surface area contributed by atoms with Crippen LogP contribution in [0.25, 0.3) is 10.9 Å². The molecule has 0 saturated carbocycles. The second-order valence-electron chi connectivity index (χ2n) is 6.38. The van der Waals surface area contributed by atoms with E-state index in [1.165, 1.54) is 0 Å². The maximum atomic E-state index is 12.1. The monoisotopic (exact) mass is 381 g/mol. The predicted octanol–water partition coefficient (Wildman–Crippen LogP) is 2.47. The minimum Gasteiger partial charge on any atom is -0.497 e. The normalized spacial score (nSPS) is 11.8. The molecular weight excluding hydrogens is 358 g/mol.